The molecule has 4 fully saturated rings. The normalized spacial score (nSPS) is 42.8. The smallest absolute Gasteiger partial charge is 0.306 e. The van der Waals surface area contributed by atoms with Gasteiger partial charge in [0.2, 0.25) is 0 Å². The topological polar surface area (TPSA) is 99.1 Å². The van der Waals surface area contributed by atoms with Crippen molar-refractivity contribution in [2.45, 2.75) is 118 Å². The number of rotatable bonds is 6. The maximum absolute atomic E-state index is 12.8. The van der Waals surface area contributed by atoms with Crippen LogP contribution in [0.4, 0.5) is 0 Å². The van der Waals surface area contributed by atoms with E-state index in [0.717, 1.165) is 32.1 Å². The van der Waals surface area contributed by atoms with Crippen LogP contribution in [0.1, 0.15) is 99.8 Å². The molecule has 4 aliphatic rings. The molecule has 0 aromatic carbocycles. The third-order valence-corrected chi connectivity index (χ3v) is 10.4. The molecule has 4 aliphatic carbocycles. The maximum atomic E-state index is 12.8. The highest BCUT2D eigenvalue weighted by molar-refractivity contribution is 5.70. The lowest BCUT2D eigenvalue weighted by molar-refractivity contribution is -0.236. The van der Waals surface area contributed by atoms with Crippen LogP contribution in [0.25, 0.3) is 0 Å². The fourth-order valence-corrected chi connectivity index (χ4v) is 9.40. The summed E-state index contributed by atoms with van der Waals surface area (Å²) in [5.74, 6) is 0.0335. The lowest BCUT2D eigenvalue weighted by Crippen LogP contribution is -2.64. The zero-order valence-corrected chi connectivity index (χ0v) is 23.2. The zero-order chi connectivity index (χ0) is 26.7. The summed E-state index contributed by atoms with van der Waals surface area (Å²) in [7, 11) is 0. The van der Waals surface area contributed by atoms with E-state index >= 15 is 0 Å². The average Bonchev–Trinajstić information content (AvgIpc) is 2.93. The van der Waals surface area contributed by atoms with Gasteiger partial charge in [-0.1, -0.05) is 34.6 Å². The monoisotopic (exact) mass is 506 g/mol. The Hall–Kier alpha value is -1.63. The van der Waals surface area contributed by atoms with E-state index in [1.54, 1.807) is 0 Å². The van der Waals surface area contributed by atoms with Gasteiger partial charge < -0.3 is 19.3 Å². The first-order chi connectivity index (χ1) is 16.6. The Morgan fingerprint density at radius 2 is 1.64 bits per heavy atom. The third-order valence-electron chi connectivity index (χ3n) is 10.4. The molecule has 0 radical (unpaired) electrons. The molecule has 4 saturated carbocycles. The molecule has 0 unspecified atom stereocenters. The van der Waals surface area contributed by atoms with Crippen molar-refractivity contribution in [2.75, 3.05) is 6.61 Å². The van der Waals surface area contributed by atoms with Crippen LogP contribution in [0.15, 0.2) is 0 Å². The van der Waals surface area contributed by atoms with Crippen LogP contribution >= 0.6 is 0 Å². The first-order valence-electron chi connectivity index (χ1n) is 13.9. The van der Waals surface area contributed by atoms with Crippen molar-refractivity contribution < 1.29 is 33.7 Å². The summed E-state index contributed by atoms with van der Waals surface area (Å²) in [6.45, 7) is 13.6. The second-order valence-corrected chi connectivity index (χ2v) is 13.7. The summed E-state index contributed by atoms with van der Waals surface area (Å²) in [5.41, 5.74) is -1.48. The van der Waals surface area contributed by atoms with E-state index in [9.17, 15) is 19.5 Å². The van der Waals surface area contributed by atoms with Gasteiger partial charge in [-0.05, 0) is 79.4 Å². The van der Waals surface area contributed by atoms with Crippen molar-refractivity contribution in [1.82, 2.24) is 0 Å². The van der Waals surface area contributed by atoms with Gasteiger partial charge in [0, 0.05) is 25.7 Å². The molecule has 1 spiro atoms. The van der Waals surface area contributed by atoms with Gasteiger partial charge in [-0.2, -0.15) is 0 Å². The summed E-state index contributed by atoms with van der Waals surface area (Å²) in [6, 6.07) is 0. The van der Waals surface area contributed by atoms with Gasteiger partial charge >= 0.3 is 17.9 Å². The predicted molar refractivity (Wildman–Crippen MR) is 134 cm³/mol. The van der Waals surface area contributed by atoms with Crippen LogP contribution in [0.5, 0.6) is 0 Å². The molecule has 1 N–H and O–H groups in total. The number of ether oxygens (including phenoxy) is 3. The second kappa shape index (κ2) is 9.28. The summed E-state index contributed by atoms with van der Waals surface area (Å²) >= 11 is 0. The number of carbonyl (C=O) groups is 3. The second-order valence-electron chi connectivity index (χ2n) is 13.7. The van der Waals surface area contributed by atoms with E-state index in [1.807, 2.05) is 13.8 Å². The van der Waals surface area contributed by atoms with Crippen LogP contribution in [0.3, 0.4) is 0 Å². The Morgan fingerprint density at radius 3 is 2.25 bits per heavy atom. The molecular weight excluding hydrogens is 460 g/mol. The molecule has 36 heavy (non-hydrogen) atoms. The molecular formula is C29H46O7. The van der Waals surface area contributed by atoms with E-state index in [0.29, 0.717) is 31.1 Å². The fourth-order valence-electron chi connectivity index (χ4n) is 9.40. The number of fused-ring (bicyclic) bond motifs is 3. The van der Waals surface area contributed by atoms with Crippen LogP contribution in [-0.2, 0) is 28.6 Å². The highest BCUT2D eigenvalue weighted by Crippen LogP contribution is 2.73. The Kier molecular flexibility index (Phi) is 7.07. The summed E-state index contributed by atoms with van der Waals surface area (Å²) in [5, 5.41) is 11.6. The zero-order valence-electron chi connectivity index (χ0n) is 23.2. The minimum Gasteiger partial charge on any atom is -0.463 e. The summed E-state index contributed by atoms with van der Waals surface area (Å²) in [4.78, 5) is 36.5. The molecule has 0 aromatic rings. The van der Waals surface area contributed by atoms with Crippen molar-refractivity contribution in [2.24, 2.45) is 39.9 Å². The lowest BCUT2D eigenvalue weighted by atomic mass is 9.40. The van der Waals surface area contributed by atoms with Gasteiger partial charge in [0.05, 0.1) is 0 Å². The van der Waals surface area contributed by atoms with Gasteiger partial charge in [-0.3, -0.25) is 14.4 Å². The highest BCUT2D eigenvalue weighted by Gasteiger charge is 2.70. The molecule has 2 bridgehead atoms. The molecule has 4 rings (SSSR count). The molecule has 0 aromatic heterocycles. The molecule has 204 valence electrons. The van der Waals surface area contributed by atoms with Crippen LogP contribution in [0, 0.1) is 39.9 Å². The van der Waals surface area contributed by atoms with Gasteiger partial charge in [-0.25, -0.2) is 0 Å². The molecule has 0 heterocycles. The van der Waals surface area contributed by atoms with Crippen molar-refractivity contribution >= 4 is 17.9 Å². The summed E-state index contributed by atoms with van der Waals surface area (Å²) < 4.78 is 17.3. The highest BCUT2D eigenvalue weighted by atomic mass is 16.6. The predicted octanol–water partition coefficient (Wildman–Crippen LogP) is 4.82. The minimum absolute atomic E-state index is 0.0140. The molecule has 7 nitrogen and oxygen atoms in total. The van der Waals surface area contributed by atoms with Crippen molar-refractivity contribution in [3.8, 4) is 0 Å². The Balaban J connectivity index is 1.66. The number of hydrogen-bond donors (Lipinski definition) is 1. The van der Waals surface area contributed by atoms with Gasteiger partial charge in [0.1, 0.15) is 24.4 Å². The number of hydrogen-bond acceptors (Lipinski definition) is 7. The van der Waals surface area contributed by atoms with Crippen LogP contribution in [0.2, 0.25) is 0 Å². The Morgan fingerprint density at radius 1 is 0.944 bits per heavy atom. The maximum Gasteiger partial charge on any atom is 0.306 e. The third kappa shape index (κ3) is 4.58. The van der Waals surface area contributed by atoms with E-state index < -0.39 is 17.8 Å². The largest absolute Gasteiger partial charge is 0.463 e. The fraction of sp³-hybridized carbons (Fsp3) is 0.897. The minimum atomic E-state index is -0.975. The molecule has 0 aliphatic heterocycles. The van der Waals surface area contributed by atoms with E-state index in [1.165, 1.54) is 13.8 Å². The van der Waals surface area contributed by atoms with E-state index in [2.05, 4.69) is 20.8 Å². The molecule has 0 saturated heterocycles. The number of esters is 3. The first kappa shape index (κ1) is 27.4. The average molecular weight is 507 g/mol. The van der Waals surface area contributed by atoms with Gasteiger partial charge in [0.15, 0.2) is 0 Å². The van der Waals surface area contributed by atoms with E-state index in [4.69, 9.17) is 14.2 Å². The Bertz CT molecular complexity index is 896. The number of carbonyl (C=O) groups excluding carboxylic acids is 3. The SMILES string of the molecule is CC(=O)OC[C@@]1(O)C[C@@]23CC[C@@H]4C(C)(C)[C@H](OC(C)=O)[C@H](OC(=O)CC(C)C)C[C@]4(C)[C@@H]2CC[C@@H]1C3. The Labute approximate surface area is 216 Å². The van der Waals surface area contributed by atoms with E-state index in [-0.39, 0.29) is 52.6 Å². The van der Waals surface area contributed by atoms with Crippen molar-refractivity contribution in [3.63, 3.8) is 0 Å². The standard InChI is InChI=1S/C29H46O7/c1-17(2)12-24(32)36-21-14-27(7)22(26(5,6)25(21)35-19(4)31)10-11-28-13-20(8-9-23(27)28)29(33,15-28)16-34-18(3)30/h17,20-23,25,33H,8-16H2,1-7H3/t20-,21-,22-,23+,25-,27+,28+,29+/m1/s1. The lowest BCUT2D eigenvalue weighted by Gasteiger charge is -2.66. The first-order valence-corrected chi connectivity index (χ1v) is 13.9. The summed E-state index contributed by atoms with van der Waals surface area (Å²) in [6.07, 6.45) is 5.49. The van der Waals surface area contributed by atoms with Crippen LogP contribution < -0.4 is 0 Å². The quantitative estimate of drug-likeness (QED) is 0.407. The molecule has 0 amide bonds. The van der Waals surface area contributed by atoms with Crippen LogP contribution in [-0.4, -0.2) is 47.4 Å². The van der Waals surface area contributed by atoms with Gasteiger partial charge in [-0.15, -0.1) is 0 Å². The number of aliphatic hydroxyl groups is 1. The van der Waals surface area contributed by atoms with Crippen molar-refractivity contribution in [3.05, 3.63) is 0 Å². The molecule has 7 heteroatoms. The van der Waals surface area contributed by atoms with Gasteiger partial charge in [0.25, 0.3) is 0 Å². The van der Waals surface area contributed by atoms with Crippen molar-refractivity contribution in [1.29, 1.82) is 0 Å². The molecule has 8 atom stereocenters.